The molecule has 128 valence electrons. The number of likely N-dealkylation sites (N-methyl/N-ethyl adjacent to an activating group) is 1. The fourth-order valence-corrected chi connectivity index (χ4v) is 5.13. The summed E-state index contributed by atoms with van der Waals surface area (Å²) in [6.07, 6.45) is 5.55. The molecule has 2 saturated heterocycles. The molecule has 0 saturated carbocycles. The number of piperidine rings is 1. The van der Waals surface area contributed by atoms with E-state index in [1.807, 2.05) is 23.1 Å². The van der Waals surface area contributed by atoms with Gasteiger partial charge in [-0.25, -0.2) is 4.98 Å². The number of thiophene rings is 1. The van der Waals surface area contributed by atoms with Crippen LogP contribution < -0.4 is 0 Å². The maximum atomic E-state index is 12.8. The number of hydrogen-bond acceptors (Lipinski definition) is 5. The molecule has 1 amide bonds. The Hall–Kier alpha value is -1.73. The molecule has 24 heavy (non-hydrogen) atoms. The normalized spacial score (nSPS) is 27.4. The lowest BCUT2D eigenvalue weighted by Gasteiger charge is -2.37. The zero-order chi connectivity index (χ0) is 16.7. The van der Waals surface area contributed by atoms with Crippen molar-refractivity contribution in [2.45, 2.75) is 38.4 Å². The minimum Gasteiger partial charge on any atom is -0.338 e. The maximum absolute atomic E-state index is 12.8. The zero-order valence-electron chi connectivity index (χ0n) is 14.1. The Morgan fingerprint density at radius 1 is 1.46 bits per heavy atom. The van der Waals surface area contributed by atoms with Crippen molar-refractivity contribution in [3.8, 4) is 0 Å². The van der Waals surface area contributed by atoms with E-state index in [2.05, 4.69) is 26.9 Å². The van der Waals surface area contributed by atoms with Gasteiger partial charge in [0.15, 0.2) is 0 Å². The van der Waals surface area contributed by atoms with Crippen molar-refractivity contribution in [3.05, 3.63) is 34.5 Å². The quantitative estimate of drug-likeness (QED) is 0.852. The Labute approximate surface area is 146 Å². The van der Waals surface area contributed by atoms with Gasteiger partial charge in [-0.3, -0.25) is 14.4 Å². The van der Waals surface area contributed by atoms with E-state index in [1.165, 1.54) is 0 Å². The molecule has 7 heteroatoms. The van der Waals surface area contributed by atoms with Gasteiger partial charge in [0.2, 0.25) is 0 Å². The van der Waals surface area contributed by atoms with Crippen LogP contribution in [0.4, 0.5) is 0 Å². The molecule has 0 radical (unpaired) electrons. The summed E-state index contributed by atoms with van der Waals surface area (Å²) in [5, 5.41) is 6.24. The van der Waals surface area contributed by atoms with Crippen molar-refractivity contribution in [2.24, 2.45) is 5.92 Å². The molecule has 2 aliphatic heterocycles. The lowest BCUT2D eigenvalue weighted by atomic mass is 9.92. The first kappa shape index (κ1) is 15.8. The van der Waals surface area contributed by atoms with E-state index >= 15 is 0 Å². The first-order chi connectivity index (χ1) is 11.6. The van der Waals surface area contributed by atoms with Gasteiger partial charge < -0.3 is 4.90 Å². The Bertz CT molecular complexity index is 712. The number of amides is 1. The first-order valence-corrected chi connectivity index (χ1v) is 9.39. The second-order valence-electron chi connectivity index (χ2n) is 6.97. The number of nitrogens with zero attached hydrogens (tertiary/aromatic N) is 5. The molecule has 6 nitrogen and oxygen atoms in total. The van der Waals surface area contributed by atoms with Crippen LogP contribution in [0, 0.1) is 12.8 Å². The third kappa shape index (κ3) is 2.75. The fourth-order valence-electron chi connectivity index (χ4n) is 4.24. The van der Waals surface area contributed by atoms with Crippen LogP contribution in [0.3, 0.4) is 0 Å². The van der Waals surface area contributed by atoms with Crippen LogP contribution in [-0.4, -0.2) is 62.7 Å². The number of aromatic nitrogens is 3. The van der Waals surface area contributed by atoms with Gasteiger partial charge in [0.1, 0.15) is 12.7 Å². The largest absolute Gasteiger partial charge is 0.338 e. The van der Waals surface area contributed by atoms with Gasteiger partial charge >= 0.3 is 0 Å². The molecule has 0 aromatic carbocycles. The lowest BCUT2D eigenvalue weighted by molar-refractivity contribution is 0.0611. The molecular formula is C17H23N5OS. The summed E-state index contributed by atoms with van der Waals surface area (Å²) < 4.78 is 1.91. The highest BCUT2D eigenvalue weighted by Gasteiger charge is 2.43. The van der Waals surface area contributed by atoms with Crippen molar-refractivity contribution in [1.29, 1.82) is 0 Å². The summed E-state index contributed by atoms with van der Waals surface area (Å²) in [4.78, 5) is 22.3. The van der Waals surface area contributed by atoms with Crippen molar-refractivity contribution >= 4 is 17.2 Å². The molecule has 2 aromatic rings. The average molecular weight is 345 g/mol. The van der Waals surface area contributed by atoms with Gasteiger partial charge in [0.25, 0.3) is 5.91 Å². The van der Waals surface area contributed by atoms with Crippen LogP contribution in [0.25, 0.3) is 0 Å². The average Bonchev–Trinajstić information content (AvgIpc) is 3.29. The van der Waals surface area contributed by atoms with Crippen LogP contribution in [0.1, 0.15) is 28.1 Å². The molecule has 0 aliphatic carbocycles. The second-order valence-corrected chi connectivity index (χ2v) is 7.89. The van der Waals surface area contributed by atoms with Crippen molar-refractivity contribution in [3.63, 3.8) is 0 Å². The van der Waals surface area contributed by atoms with Crippen molar-refractivity contribution in [2.75, 3.05) is 20.1 Å². The Morgan fingerprint density at radius 3 is 3.04 bits per heavy atom. The van der Waals surface area contributed by atoms with E-state index in [0.717, 1.165) is 42.9 Å². The molecule has 2 aromatic heterocycles. The number of hydrogen-bond donors (Lipinski definition) is 0. The van der Waals surface area contributed by atoms with Crippen LogP contribution in [0.2, 0.25) is 0 Å². The van der Waals surface area contributed by atoms with Gasteiger partial charge in [-0.15, -0.1) is 11.3 Å². The number of likely N-dealkylation sites (tertiary alicyclic amines) is 2. The van der Waals surface area contributed by atoms with E-state index in [1.54, 1.807) is 24.0 Å². The van der Waals surface area contributed by atoms with Crippen LogP contribution in [0.15, 0.2) is 24.1 Å². The molecule has 2 fully saturated rings. The Balaban J connectivity index is 1.44. The molecule has 4 rings (SSSR count). The van der Waals surface area contributed by atoms with Gasteiger partial charge in [-0.2, -0.15) is 5.10 Å². The van der Waals surface area contributed by atoms with Crippen molar-refractivity contribution in [1.82, 2.24) is 24.6 Å². The Morgan fingerprint density at radius 2 is 2.33 bits per heavy atom. The van der Waals surface area contributed by atoms with E-state index in [0.29, 0.717) is 18.0 Å². The molecule has 0 unspecified atom stereocenters. The highest BCUT2D eigenvalue weighted by Crippen LogP contribution is 2.35. The first-order valence-electron chi connectivity index (χ1n) is 8.51. The second kappa shape index (κ2) is 6.29. The lowest BCUT2D eigenvalue weighted by Crippen LogP contribution is -2.47. The minimum atomic E-state index is 0.211. The van der Waals surface area contributed by atoms with Crippen LogP contribution >= 0.6 is 11.3 Å². The smallest absolute Gasteiger partial charge is 0.264 e. The summed E-state index contributed by atoms with van der Waals surface area (Å²) in [6.45, 7) is 4.63. The number of aryl methyl sites for hydroxylation is 1. The van der Waals surface area contributed by atoms with Crippen LogP contribution in [-0.2, 0) is 6.54 Å². The highest BCUT2D eigenvalue weighted by atomic mass is 32.1. The SMILES string of the molecule is Cc1ccsc1C(=O)N1CC[C@@H]2[C@@H](C[C@H](Cn3cncn3)N2C)C1. The number of carbonyl (C=O) groups is 1. The predicted molar refractivity (Wildman–Crippen MR) is 93.0 cm³/mol. The summed E-state index contributed by atoms with van der Waals surface area (Å²) in [7, 11) is 2.22. The maximum Gasteiger partial charge on any atom is 0.264 e. The standard InChI is InChI=1S/C17H23N5OS/c1-12-4-6-24-16(12)17(23)21-5-3-15-13(8-21)7-14(20(15)2)9-22-11-18-10-19-22/h4,6,10-11,13-15H,3,5,7-9H2,1-2H3/t13-,14+,15+/m0/s1. The molecule has 0 bridgehead atoms. The predicted octanol–water partition coefficient (Wildman–Crippen LogP) is 1.88. The number of carbonyl (C=O) groups excluding carboxylic acids is 1. The monoisotopic (exact) mass is 345 g/mol. The topological polar surface area (TPSA) is 54.3 Å². The van der Waals surface area contributed by atoms with Gasteiger partial charge in [0, 0.05) is 25.2 Å². The van der Waals surface area contributed by atoms with Crippen LogP contribution in [0.5, 0.6) is 0 Å². The minimum absolute atomic E-state index is 0.211. The molecule has 2 aliphatic rings. The van der Waals surface area contributed by atoms with Gasteiger partial charge in [-0.1, -0.05) is 0 Å². The Kier molecular flexibility index (Phi) is 4.14. The molecular weight excluding hydrogens is 322 g/mol. The van der Waals surface area contributed by atoms with E-state index in [4.69, 9.17) is 0 Å². The summed E-state index contributed by atoms with van der Waals surface area (Å²) in [5.41, 5.74) is 1.10. The van der Waals surface area contributed by atoms with Gasteiger partial charge in [0.05, 0.1) is 11.4 Å². The van der Waals surface area contributed by atoms with E-state index in [9.17, 15) is 4.79 Å². The molecule has 0 spiro atoms. The summed E-state index contributed by atoms with van der Waals surface area (Å²) in [5.74, 6) is 0.768. The number of rotatable bonds is 3. The van der Waals surface area contributed by atoms with Gasteiger partial charge in [-0.05, 0) is 49.7 Å². The molecule has 4 heterocycles. The summed E-state index contributed by atoms with van der Waals surface area (Å²) >= 11 is 1.56. The zero-order valence-corrected chi connectivity index (χ0v) is 14.9. The third-order valence-corrected chi connectivity index (χ3v) is 6.58. The van der Waals surface area contributed by atoms with Crippen molar-refractivity contribution < 1.29 is 4.79 Å². The van der Waals surface area contributed by atoms with E-state index in [-0.39, 0.29) is 5.91 Å². The fraction of sp³-hybridized carbons (Fsp3) is 0.588. The highest BCUT2D eigenvalue weighted by molar-refractivity contribution is 7.12. The third-order valence-electron chi connectivity index (χ3n) is 5.58. The number of fused-ring (bicyclic) bond motifs is 1. The van der Waals surface area contributed by atoms with E-state index < -0.39 is 0 Å². The summed E-state index contributed by atoms with van der Waals surface area (Å²) in [6, 6.07) is 3.08. The molecule has 0 N–H and O–H groups in total. The molecule has 3 atom stereocenters.